The third-order valence-corrected chi connectivity index (χ3v) is 26.2. The van der Waals surface area contributed by atoms with Crippen LogP contribution < -0.4 is 0 Å². The van der Waals surface area contributed by atoms with Crippen molar-refractivity contribution < 1.29 is 20.4 Å². The van der Waals surface area contributed by atoms with Gasteiger partial charge in [-0.15, -0.1) is 24.8 Å². The van der Waals surface area contributed by atoms with Gasteiger partial charge < -0.3 is 0 Å². The first kappa shape index (κ1) is 31.8. The van der Waals surface area contributed by atoms with E-state index < -0.39 is 20.4 Å². The van der Waals surface area contributed by atoms with Crippen LogP contribution in [-0.2, 0) is 31.2 Å². The summed E-state index contributed by atoms with van der Waals surface area (Å²) in [6.45, 7) is 24.2. The maximum atomic E-state index is 2.64. The van der Waals surface area contributed by atoms with Crippen molar-refractivity contribution in [3.05, 3.63) is 79.2 Å². The minimum absolute atomic E-state index is 0. The van der Waals surface area contributed by atoms with Crippen LogP contribution in [0.4, 0.5) is 0 Å². The van der Waals surface area contributed by atoms with Crippen LogP contribution >= 0.6 is 24.8 Å². The average molecular weight is 621 g/mol. The van der Waals surface area contributed by atoms with Gasteiger partial charge in [-0.3, -0.25) is 0 Å². The molecule has 0 atom stereocenters. The summed E-state index contributed by atoms with van der Waals surface area (Å²) in [6, 6.07) is 15.0. The number of fused-ring (bicyclic) bond motifs is 3. The summed E-state index contributed by atoms with van der Waals surface area (Å²) in [5.74, 6) is 0. The molecule has 0 aromatic heterocycles. The fraction of sp³-hybridized carbons (Fsp3) is 0.500. The molecule has 2 aliphatic rings. The molecule has 4 heteroatoms. The number of halogens is 2. The van der Waals surface area contributed by atoms with Gasteiger partial charge in [-0.25, -0.2) is 0 Å². The minimum Gasteiger partial charge on any atom is -0.147 e. The summed E-state index contributed by atoms with van der Waals surface area (Å²) in [7, 11) is 0. The summed E-state index contributed by atoms with van der Waals surface area (Å²) in [4.78, 5) is 0. The zero-order valence-electron chi connectivity index (χ0n) is 24.1. The molecule has 0 spiro atoms. The first-order valence-corrected chi connectivity index (χ1v) is 22.1. The standard InChI is InChI=1S/C21H25.C9H13.C2H6Si.2ClH.Zr/c1-20(2,3)16-7-9-18-14(12-16)11-15-13-17(21(4,5)6)8-10-19(15)18;1-3-8-6-5-7-9(8)4-2;1-3-2;;;/h7-13H,1-6H3;6H,3-5H2,1-2H3;1-2H3;2*1H;. The van der Waals surface area contributed by atoms with E-state index in [1.807, 2.05) is 3.28 Å². The van der Waals surface area contributed by atoms with Crippen LogP contribution in [0.3, 0.4) is 0 Å². The molecule has 0 aliphatic heterocycles. The number of rotatable bonds is 4. The van der Waals surface area contributed by atoms with Gasteiger partial charge in [0.25, 0.3) is 0 Å². The summed E-state index contributed by atoms with van der Waals surface area (Å²) >= 11 is -2.01. The van der Waals surface area contributed by atoms with Crippen LogP contribution in [0, 0.1) is 0 Å². The van der Waals surface area contributed by atoms with E-state index in [-0.39, 0.29) is 41.1 Å². The average Bonchev–Trinajstić information content (AvgIpc) is 3.31. The quantitative estimate of drug-likeness (QED) is 0.298. The topological polar surface area (TPSA) is 0 Å². The molecular weight excluding hydrogens is 575 g/mol. The van der Waals surface area contributed by atoms with Gasteiger partial charge in [0, 0.05) is 0 Å². The van der Waals surface area contributed by atoms with Gasteiger partial charge in [0.2, 0.25) is 0 Å². The molecule has 196 valence electrons. The minimum atomic E-state index is -2.01. The van der Waals surface area contributed by atoms with Crippen LogP contribution in [0.2, 0.25) is 13.1 Å². The van der Waals surface area contributed by atoms with Crippen molar-refractivity contribution in [1.29, 1.82) is 0 Å². The number of hydrogen-bond acceptors (Lipinski definition) is 0. The maximum absolute atomic E-state index is 2.64. The van der Waals surface area contributed by atoms with E-state index in [9.17, 15) is 0 Å². The van der Waals surface area contributed by atoms with Crippen LogP contribution in [0.15, 0.2) is 56.9 Å². The SMILES string of the molecule is CCC1=CC[C]([Zr]([CH]2c3cc(C(C)(C)C)ccc3-c3ccc(C(C)(C)C)cc32)=[Si](C)C)=C1CC.Cl.Cl. The molecular formula is C32H46Cl2SiZr. The van der Waals surface area contributed by atoms with E-state index >= 15 is 0 Å². The van der Waals surface area contributed by atoms with E-state index in [1.54, 1.807) is 22.3 Å². The summed E-state index contributed by atoms with van der Waals surface area (Å²) in [6.07, 6.45) is 6.24. The molecule has 0 bridgehead atoms. The van der Waals surface area contributed by atoms with Crippen LogP contribution in [0.25, 0.3) is 11.1 Å². The van der Waals surface area contributed by atoms with E-state index in [0.29, 0.717) is 3.63 Å². The van der Waals surface area contributed by atoms with Gasteiger partial charge in [-0.2, -0.15) is 0 Å². The molecule has 2 aromatic carbocycles. The van der Waals surface area contributed by atoms with E-state index in [4.69, 9.17) is 0 Å². The summed E-state index contributed by atoms with van der Waals surface area (Å²) in [5.41, 5.74) is 12.8. The summed E-state index contributed by atoms with van der Waals surface area (Å²) in [5, 5.41) is 0. The zero-order valence-corrected chi connectivity index (χ0v) is 29.1. The maximum Gasteiger partial charge on any atom is -0.147 e. The monoisotopic (exact) mass is 618 g/mol. The summed E-state index contributed by atoms with van der Waals surface area (Å²) < 4.78 is 2.62. The number of allylic oxidation sites excluding steroid dienone is 4. The fourth-order valence-electron chi connectivity index (χ4n) is 6.01. The Hall–Kier alpha value is -0.400. The molecule has 0 N–H and O–H groups in total. The molecule has 0 saturated carbocycles. The third-order valence-electron chi connectivity index (χ3n) is 7.94. The molecule has 0 amide bonds. The zero-order chi connectivity index (χ0) is 25.0. The van der Waals surface area contributed by atoms with Crippen molar-refractivity contribution in [2.75, 3.05) is 0 Å². The van der Waals surface area contributed by atoms with Gasteiger partial charge in [0.1, 0.15) is 0 Å². The largest absolute Gasteiger partial charge is 0.147 e. The van der Waals surface area contributed by atoms with Crippen molar-refractivity contribution in [1.82, 2.24) is 0 Å². The Kier molecular flexibility index (Phi) is 10.4. The van der Waals surface area contributed by atoms with Gasteiger partial charge in [0.05, 0.1) is 0 Å². The predicted molar refractivity (Wildman–Crippen MR) is 163 cm³/mol. The van der Waals surface area contributed by atoms with Crippen LogP contribution in [0.5, 0.6) is 0 Å². The Balaban J connectivity index is 0.00000228. The van der Waals surface area contributed by atoms with E-state index in [2.05, 4.69) is 111 Å². The number of benzene rings is 2. The second kappa shape index (κ2) is 11.8. The van der Waals surface area contributed by atoms with E-state index in [0.717, 1.165) is 0 Å². The van der Waals surface area contributed by atoms with Crippen molar-refractivity contribution in [3.63, 3.8) is 0 Å². The van der Waals surface area contributed by atoms with E-state index in [1.165, 1.54) is 41.5 Å². The van der Waals surface area contributed by atoms with Gasteiger partial charge in [-0.05, 0) is 0 Å². The van der Waals surface area contributed by atoms with Crippen molar-refractivity contribution in [2.45, 2.75) is 102 Å². The molecule has 2 aromatic rings. The Morgan fingerprint density at radius 1 is 0.778 bits per heavy atom. The van der Waals surface area contributed by atoms with Gasteiger partial charge in [0.15, 0.2) is 0 Å². The second-order valence-electron chi connectivity index (χ2n) is 12.5. The Labute approximate surface area is 241 Å². The first-order chi connectivity index (χ1) is 15.9. The molecule has 0 heterocycles. The Morgan fingerprint density at radius 3 is 1.61 bits per heavy atom. The second-order valence-corrected chi connectivity index (χ2v) is 30.0. The smallest absolute Gasteiger partial charge is 0.147 e. The van der Waals surface area contributed by atoms with Crippen LogP contribution in [-0.4, -0.2) is 5.43 Å². The predicted octanol–water partition coefficient (Wildman–Crippen LogP) is 10.5. The van der Waals surface area contributed by atoms with Crippen molar-refractivity contribution in [2.24, 2.45) is 0 Å². The molecule has 4 rings (SSSR count). The third kappa shape index (κ3) is 5.78. The molecule has 36 heavy (non-hydrogen) atoms. The van der Waals surface area contributed by atoms with Crippen molar-refractivity contribution in [3.8, 4) is 11.1 Å². The fourth-order valence-corrected chi connectivity index (χ4v) is 25.2. The molecule has 0 saturated heterocycles. The van der Waals surface area contributed by atoms with Gasteiger partial charge in [-0.1, -0.05) is 0 Å². The Bertz CT molecular complexity index is 1170. The first-order valence-electron chi connectivity index (χ1n) is 13.3. The number of hydrogen-bond donors (Lipinski definition) is 0. The normalized spacial score (nSPS) is 15.1. The van der Waals surface area contributed by atoms with Crippen LogP contribution in [0.1, 0.15) is 101 Å². The molecule has 0 nitrogen and oxygen atoms in total. The van der Waals surface area contributed by atoms with Crippen molar-refractivity contribution >= 4 is 30.2 Å². The molecule has 2 aliphatic carbocycles. The van der Waals surface area contributed by atoms with Gasteiger partial charge >= 0.3 is 218 Å². The molecule has 0 radical (unpaired) electrons. The molecule has 0 fully saturated rings. The Morgan fingerprint density at radius 2 is 1.25 bits per heavy atom. The molecule has 0 unspecified atom stereocenters.